The van der Waals surface area contributed by atoms with Gasteiger partial charge >= 0.3 is 6.61 Å². The maximum atomic E-state index is 12.2. The topological polar surface area (TPSA) is 76.5 Å². The van der Waals surface area contributed by atoms with Crippen LogP contribution >= 0.6 is 0 Å². The van der Waals surface area contributed by atoms with Crippen LogP contribution in [0.15, 0.2) is 60.9 Å². The molecule has 0 unspecified atom stereocenters. The van der Waals surface area contributed by atoms with E-state index in [2.05, 4.69) is 20.0 Å². The van der Waals surface area contributed by atoms with Gasteiger partial charge in [0.1, 0.15) is 18.1 Å². The van der Waals surface area contributed by atoms with Crippen LogP contribution in [0.3, 0.4) is 0 Å². The van der Waals surface area contributed by atoms with Gasteiger partial charge in [-0.2, -0.15) is 8.78 Å². The Hall–Kier alpha value is -3.26. The molecular weight excluding hydrogens is 356 g/mol. The van der Waals surface area contributed by atoms with Gasteiger partial charge in [-0.3, -0.25) is 0 Å². The lowest BCUT2D eigenvalue weighted by Gasteiger charge is -2.09. The second-order valence-corrected chi connectivity index (χ2v) is 5.42. The van der Waals surface area contributed by atoms with E-state index in [-0.39, 0.29) is 19.0 Å². The van der Waals surface area contributed by atoms with E-state index in [1.54, 1.807) is 36.7 Å². The van der Waals surface area contributed by atoms with Crippen LogP contribution in [-0.4, -0.2) is 34.9 Å². The van der Waals surface area contributed by atoms with Crippen LogP contribution in [0, 0.1) is 0 Å². The molecule has 0 amide bonds. The molecule has 0 spiro atoms. The zero-order valence-corrected chi connectivity index (χ0v) is 14.2. The van der Waals surface area contributed by atoms with Crippen molar-refractivity contribution in [2.75, 3.05) is 18.5 Å². The summed E-state index contributed by atoms with van der Waals surface area (Å²) >= 11 is 0. The highest BCUT2D eigenvalue weighted by Gasteiger charge is 2.06. The number of anilines is 2. The quantitative estimate of drug-likeness (QED) is 0.624. The maximum Gasteiger partial charge on any atom is 0.387 e. The highest BCUT2D eigenvalue weighted by atomic mass is 19.3. The molecule has 2 aromatic carbocycles. The Kier molecular flexibility index (Phi) is 6.11. The molecule has 0 saturated heterocycles. The first-order chi connectivity index (χ1) is 13.1. The Labute approximate surface area is 154 Å². The van der Waals surface area contributed by atoms with Gasteiger partial charge in [0, 0.05) is 29.7 Å². The number of nitrogens with one attached hydrogen (secondary N) is 1. The van der Waals surface area contributed by atoms with Gasteiger partial charge in [0.15, 0.2) is 0 Å². The second-order valence-electron chi connectivity index (χ2n) is 5.42. The third kappa shape index (κ3) is 5.35. The molecule has 0 aliphatic carbocycles. The summed E-state index contributed by atoms with van der Waals surface area (Å²) in [5, 5.41) is 11.9. The number of rotatable bonds is 8. The van der Waals surface area contributed by atoms with Gasteiger partial charge in [0.25, 0.3) is 0 Å². The molecule has 0 aliphatic rings. The molecular formula is C19H17F2N3O3. The van der Waals surface area contributed by atoms with Gasteiger partial charge in [-0.05, 0) is 29.8 Å². The van der Waals surface area contributed by atoms with E-state index in [1.807, 2.05) is 12.1 Å². The summed E-state index contributed by atoms with van der Waals surface area (Å²) in [6.07, 6.45) is 3.26. The average molecular weight is 373 g/mol. The van der Waals surface area contributed by atoms with Gasteiger partial charge in [0.05, 0.1) is 6.61 Å². The Bertz CT molecular complexity index is 859. The molecule has 27 heavy (non-hydrogen) atoms. The van der Waals surface area contributed by atoms with Crippen molar-refractivity contribution in [1.29, 1.82) is 0 Å². The number of hydrogen-bond acceptors (Lipinski definition) is 6. The third-order valence-electron chi connectivity index (χ3n) is 3.51. The van der Waals surface area contributed by atoms with Crippen LogP contribution in [0.2, 0.25) is 0 Å². The number of aliphatic hydroxyl groups excluding tert-OH is 1. The lowest BCUT2D eigenvalue weighted by molar-refractivity contribution is -0.0498. The van der Waals surface area contributed by atoms with Crippen LogP contribution in [0.1, 0.15) is 0 Å². The summed E-state index contributed by atoms with van der Waals surface area (Å²) in [4.78, 5) is 8.52. The zero-order chi connectivity index (χ0) is 19.1. The number of aromatic nitrogens is 2. The Balaban J connectivity index is 1.66. The lowest BCUT2D eigenvalue weighted by Crippen LogP contribution is -2.02. The fraction of sp³-hybridized carbons (Fsp3) is 0.158. The summed E-state index contributed by atoms with van der Waals surface area (Å²) in [5.74, 6) is 1.11. The normalized spacial score (nSPS) is 10.7. The molecule has 0 saturated carbocycles. The predicted octanol–water partition coefficient (Wildman–Crippen LogP) is 3.86. The fourth-order valence-corrected chi connectivity index (χ4v) is 2.33. The van der Waals surface area contributed by atoms with E-state index >= 15 is 0 Å². The molecule has 3 aromatic rings. The van der Waals surface area contributed by atoms with Crippen LogP contribution in [0.5, 0.6) is 11.5 Å². The minimum absolute atomic E-state index is 0.0581. The number of halogens is 2. The van der Waals surface area contributed by atoms with E-state index in [0.29, 0.717) is 11.7 Å². The molecule has 140 valence electrons. The molecule has 1 heterocycles. The monoisotopic (exact) mass is 373 g/mol. The van der Waals surface area contributed by atoms with Crippen LogP contribution in [0.25, 0.3) is 11.1 Å². The largest absolute Gasteiger partial charge is 0.491 e. The second kappa shape index (κ2) is 8.91. The third-order valence-corrected chi connectivity index (χ3v) is 3.51. The Morgan fingerprint density at radius 3 is 2.37 bits per heavy atom. The number of ether oxygens (including phenoxy) is 2. The zero-order valence-electron chi connectivity index (χ0n) is 14.2. The summed E-state index contributed by atoms with van der Waals surface area (Å²) in [5.41, 5.74) is 2.26. The molecule has 8 heteroatoms. The molecule has 0 aliphatic heterocycles. The van der Waals surface area contributed by atoms with Gasteiger partial charge in [-0.15, -0.1) is 0 Å². The SMILES string of the molecule is OCCOc1cccc(Nc2ncc(-c3ccc(OC(F)F)cc3)cn2)c1. The minimum Gasteiger partial charge on any atom is -0.491 e. The standard InChI is InChI=1S/C19H17F2N3O3/c20-18(21)27-16-6-4-13(5-7-16)14-11-22-19(23-12-14)24-15-2-1-3-17(10-15)26-9-8-25/h1-7,10-12,18,25H,8-9H2,(H,22,23,24). The Morgan fingerprint density at radius 2 is 1.70 bits per heavy atom. The van der Waals surface area contributed by atoms with Crippen molar-refractivity contribution in [1.82, 2.24) is 9.97 Å². The summed E-state index contributed by atoms with van der Waals surface area (Å²) in [6, 6.07) is 13.5. The lowest BCUT2D eigenvalue weighted by atomic mass is 10.1. The minimum atomic E-state index is -2.85. The van der Waals surface area contributed by atoms with Crippen molar-refractivity contribution in [3.05, 3.63) is 60.9 Å². The fourth-order valence-electron chi connectivity index (χ4n) is 2.33. The first-order valence-electron chi connectivity index (χ1n) is 8.12. The number of nitrogens with zero attached hydrogens (tertiary/aromatic N) is 2. The molecule has 0 bridgehead atoms. The summed E-state index contributed by atoms with van der Waals surface area (Å²) in [6.45, 7) is -2.69. The average Bonchev–Trinajstić information content (AvgIpc) is 2.67. The molecule has 6 nitrogen and oxygen atoms in total. The number of hydrogen-bond donors (Lipinski definition) is 2. The van der Waals surface area contributed by atoms with E-state index in [9.17, 15) is 8.78 Å². The van der Waals surface area contributed by atoms with Gasteiger partial charge in [0.2, 0.25) is 5.95 Å². The molecule has 2 N–H and O–H groups in total. The smallest absolute Gasteiger partial charge is 0.387 e. The van der Waals surface area contributed by atoms with Crippen LogP contribution < -0.4 is 14.8 Å². The van der Waals surface area contributed by atoms with Gasteiger partial charge in [-0.1, -0.05) is 18.2 Å². The van der Waals surface area contributed by atoms with Crippen molar-refractivity contribution in [2.45, 2.75) is 6.61 Å². The summed E-state index contributed by atoms with van der Waals surface area (Å²) < 4.78 is 34.1. The van der Waals surface area contributed by atoms with Crippen LogP contribution in [0.4, 0.5) is 20.4 Å². The number of benzene rings is 2. The van der Waals surface area contributed by atoms with E-state index < -0.39 is 6.61 Å². The van der Waals surface area contributed by atoms with Gasteiger partial charge in [-0.25, -0.2) is 9.97 Å². The van der Waals surface area contributed by atoms with E-state index in [0.717, 1.165) is 16.8 Å². The van der Waals surface area contributed by atoms with Crippen molar-refractivity contribution < 1.29 is 23.4 Å². The molecule has 3 rings (SSSR count). The van der Waals surface area contributed by atoms with Crippen molar-refractivity contribution in [3.63, 3.8) is 0 Å². The molecule has 0 atom stereocenters. The molecule has 0 radical (unpaired) electrons. The predicted molar refractivity (Wildman–Crippen MR) is 96.4 cm³/mol. The first kappa shape index (κ1) is 18.5. The maximum absolute atomic E-state index is 12.2. The highest BCUT2D eigenvalue weighted by molar-refractivity contribution is 5.64. The number of alkyl halides is 2. The number of aliphatic hydroxyl groups is 1. The summed E-state index contributed by atoms with van der Waals surface area (Å²) in [7, 11) is 0. The van der Waals surface area contributed by atoms with Crippen LogP contribution in [-0.2, 0) is 0 Å². The molecule has 0 fully saturated rings. The highest BCUT2D eigenvalue weighted by Crippen LogP contribution is 2.24. The van der Waals surface area contributed by atoms with Crippen molar-refractivity contribution in [3.8, 4) is 22.6 Å². The Morgan fingerprint density at radius 1 is 0.963 bits per heavy atom. The molecule has 1 aromatic heterocycles. The first-order valence-corrected chi connectivity index (χ1v) is 8.12. The van der Waals surface area contributed by atoms with E-state index in [4.69, 9.17) is 9.84 Å². The van der Waals surface area contributed by atoms with Crippen molar-refractivity contribution >= 4 is 11.6 Å². The van der Waals surface area contributed by atoms with Crippen molar-refractivity contribution in [2.24, 2.45) is 0 Å². The van der Waals surface area contributed by atoms with E-state index in [1.165, 1.54) is 12.1 Å². The van der Waals surface area contributed by atoms with Gasteiger partial charge < -0.3 is 19.9 Å².